The summed E-state index contributed by atoms with van der Waals surface area (Å²) in [5.74, 6) is 0. The van der Waals surface area contributed by atoms with Crippen LogP contribution in [-0.2, 0) is 6.42 Å². The highest BCUT2D eigenvalue weighted by atomic mass is 32.1. The lowest BCUT2D eigenvalue weighted by molar-refractivity contribution is 1.25. The topological polar surface area (TPSA) is 36.7 Å². The summed E-state index contributed by atoms with van der Waals surface area (Å²) in [5, 5.41) is 9.29. The molecule has 1 rings (SSSR count). The first kappa shape index (κ1) is 6.24. The van der Waals surface area contributed by atoms with Crippen LogP contribution in [0.1, 0.15) is 9.88 Å². The van der Waals surface area contributed by atoms with Crippen LogP contribution in [0.5, 0.6) is 0 Å². The summed E-state index contributed by atoms with van der Waals surface area (Å²) in [5.41, 5.74) is 0. The number of hydrogen-bond donors (Lipinski definition) is 0. The smallest absolute Gasteiger partial charge is 0.0897 e. The van der Waals surface area contributed by atoms with Gasteiger partial charge in [-0.15, -0.1) is 11.3 Å². The third-order valence-corrected chi connectivity index (χ3v) is 1.84. The maximum absolute atomic E-state index is 8.26. The fraction of sp³-hybridized carbons (Fsp3) is 0.333. The first-order valence-electron chi connectivity index (χ1n) is 2.61. The van der Waals surface area contributed by atoms with Crippen molar-refractivity contribution in [2.24, 2.45) is 0 Å². The summed E-state index contributed by atoms with van der Waals surface area (Å²) in [6.07, 6.45) is 2.24. The fourth-order valence-electron chi connectivity index (χ4n) is 0.565. The molecule has 0 aliphatic heterocycles. The number of nitriles is 1. The first-order chi connectivity index (χ1) is 4.33. The molecule has 2 nitrogen and oxygen atoms in total. The monoisotopic (exact) mass is 138 g/mol. The van der Waals surface area contributed by atoms with Gasteiger partial charge in [-0.1, -0.05) is 0 Å². The molecule has 3 heteroatoms. The van der Waals surface area contributed by atoms with Crippen LogP contribution in [0.25, 0.3) is 0 Å². The Hall–Kier alpha value is -0.880. The third kappa shape index (κ3) is 1.51. The highest BCUT2D eigenvalue weighted by Crippen LogP contribution is 2.10. The van der Waals surface area contributed by atoms with Crippen LogP contribution in [0, 0.1) is 18.3 Å². The predicted octanol–water partition coefficient (Wildman–Crippen LogP) is 1.52. The van der Waals surface area contributed by atoms with Gasteiger partial charge in [0.05, 0.1) is 17.5 Å². The standard InChI is InChI=1S/C6H6N2S/c1-5-8-4-6(9-5)2-3-7/h4H,2H2,1H3. The van der Waals surface area contributed by atoms with E-state index in [2.05, 4.69) is 11.1 Å². The Bertz CT molecular complexity index is 233. The van der Waals surface area contributed by atoms with Crippen LogP contribution in [0.4, 0.5) is 0 Å². The van der Waals surface area contributed by atoms with Crippen LogP contribution < -0.4 is 0 Å². The molecule has 0 saturated heterocycles. The normalized spacial score (nSPS) is 8.89. The van der Waals surface area contributed by atoms with Gasteiger partial charge in [0, 0.05) is 11.1 Å². The molecule has 9 heavy (non-hydrogen) atoms. The van der Waals surface area contributed by atoms with Gasteiger partial charge < -0.3 is 0 Å². The number of nitrogens with zero attached hydrogens (tertiary/aromatic N) is 2. The summed E-state index contributed by atoms with van der Waals surface area (Å²) < 4.78 is 0. The minimum Gasteiger partial charge on any atom is -0.250 e. The van der Waals surface area contributed by atoms with E-state index >= 15 is 0 Å². The Labute approximate surface area is 57.8 Å². The molecule has 0 fully saturated rings. The van der Waals surface area contributed by atoms with Gasteiger partial charge in [-0.2, -0.15) is 5.26 Å². The van der Waals surface area contributed by atoms with Crippen molar-refractivity contribution >= 4 is 11.3 Å². The zero-order chi connectivity index (χ0) is 6.69. The molecule has 1 aromatic heterocycles. The largest absolute Gasteiger partial charge is 0.250 e. The lowest BCUT2D eigenvalue weighted by atomic mass is 10.4. The van der Waals surface area contributed by atoms with Crippen molar-refractivity contribution in [3.63, 3.8) is 0 Å². The minimum atomic E-state index is 0.492. The van der Waals surface area contributed by atoms with Gasteiger partial charge in [0.1, 0.15) is 0 Å². The molecule has 0 amide bonds. The van der Waals surface area contributed by atoms with Gasteiger partial charge in [-0.3, -0.25) is 0 Å². The SMILES string of the molecule is Cc1ncc(CC#N)s1. The molecule has 0 saturated carbocycles. The molecule has 0 atom stereocenters. The van der Waals surface area contributed by atoms with Crippen molar-refractivity contribution in [2.45, 2.75) is 13.3 Å². The van der Waals surface area contributed by atoms with Gasteiger partial charge in [0.25, 0.3) is 0 Å². The maximum atomic E-state index is 8.26. The molecule has 46 valence electrons. The third-order valence-electron chi connectivity index (χ3n) is 0.922. The van der Waals surface area contributed by atoms with Crippen molar-refractivity contribution in [3.05, 3.63) is 16.1 Å². The van der Waals surface area contributed by atoms with Gasteiger partial charge in [0.15, 0.2) is 0 Å². The Morgan fingerprint density at radius 1 is 1.89 bits per heavy atom. The van der Waals surface area contributed by atoms with E-state index < -0.39 is 0 Å². The van der Waals surface area contributed by atoms with Crippen LogP contribution in [0.15, 0.2) is 6.20 Å². The zero-order valence-corrected chi connectivity index (χ0v) is 5.90. The number of hydrogen-bond acceptors (Lipinski definition) is 3. The van der Waals surface area contributed by atoms with E-state index in [1.165, 1.54) is 0 Å². The highest BCUT2D eigenvalue weighted by molar-refractivity contribution is 7.11. The van der Waals surface area contributed by atoms with E-state index in [1.807, 2.05) is 6.92 Å². The Morgan fingerprint density at radius 3 is 3.11 bits per heavy atom. The summed E-state index contributed by atoms with van der Waals surface area (Å²) in [4.78, 5) is 5.05. The lowest BCUT2D eigenvalue weighted by Crippen LogP contribution is -1.68. The van der Waals surface area contributed by atoms with Crippen molar-refractivity contribution < 1.29 is 0 Å². The quantitative estimate of drug-likeness (QED) is 0.590. The minimum absolute atomic E-state index is 0.492. The van der Waals surface area contributed by atoms with Gasteiger partial charge in [0.2, 0.25) is 0 Å². The van der Waals surface area contributed by atoms with Crippen molar-refractivity contribution in [1.29, 1.82) is 5.26 Å². The summed E-state index contributed by atoms with van der Waals surface area (Å²) in [6, 6.07) is 2.07. The number of aromatic nitrogens is 1. The van der Waals surface area contributed by atoms with E-state index in [1.54, 1.807) is 17.5 Å². The van der Waals surface area contributed by atoms with Gasteiger partial charge in [-0.05, 0) is 6.92 Å². The summed E-state index contributed by atoms with van der Waals surface area (Å²) in [6.45, 7) is 1.94. The molecule has 1 heterocycles. The molecule has 0 unspecified atom stereocenters. The highest BCUT2D eigenvalue weighted by Gasteiger charge is 1.94. The molecular formula is C6H6N2S. The summed E-state index contributed by atoms with van der Waals surface area (Å²) in [7, 11) is 0. The molecule has 0 aromatic carbocycles. The molecule has 0 aliphatic rings. The Balaban J connectivity index is 2.76. The van der Waals surface area contributed by atoms with Crippen molar-refractivity contribution in [3.8, 4) is 6.07 Å². The molecule has 1 aromatic rings. The molecule has 0 bridgehead atoms. The van der Waals surface area contributed by atoms with Crippen LogP contribution in [-0.4, -0.2) is 4.98 Å². The predicted molar refractivity (Wildman–Crippen MR) is 36.2 cm³/mol. The molecule has 0 aliphatic carbocycles. The van der Waals surface area contributed by atoms with E-state index in [0.717, 1.165) is 9.88 Å². The molecule has 0 N–H and O–H groups in total. The van der Waals surface area contributed by atoms with Crippen LogP contribution in [0.3, 0.4) is 0 Å². The number of thiazole rings is 1. The van der Waals surface area contributed by atoms with Crippen molar-refractivity contribution in [2.75, 3.05) is 0 Å². The van der Waals surface area contributed by atoms with Gasteiger partial charge in [-0.25, -0.2) is 4.98 Å². The number of aryl methyl sites for hydroxylation is 1. The van der Waals surface area contributed by atoms with Crippen LogP contribution >= 0.6 is 11.3 Å². The van der Waals surface area contributed by atoms with E-state index in [4.69, 9.17) is 5.26 Å². The second kappa shape index (κ2) is 2.60. The second-order valence-electron chi connectivity index (χ2n) is 1.68. The first-order valence-corrected chi connectivity index (χ1v) is 3.43. The zero-order valence-electron chi connectivity index (χ0n) is 5.09. The fourth-order valence-corrected chi connectivity index (χ4v) is 1.29. The van der Waals surface area contributed by atoms with Crippen molar-refractivity contribution in [1.82, 2.24) is 4.98 Å². The van der Waals surface area contributed by atoms with Gasteiger partial charge >= 0.3 is 0 Å². The average molecular weight is 138 g/mol. The lowest BCUT2D eigenvalue weighted by Gasteiger charge is -1.76. The maximum Gasteiger partial charge on any atom is 0.0897 e. The molecule has 0 radical (unpaired) electrons. The van der Waals surface area contributed by atoms with E-state index in [9.17, 15) is 0 Å². The Morgan fingerprint density at radius 2 is 2.67 bits per heavy atom. The molecular weight excluding hydrogens is 132 g/mol. The summed E-state index contributed by atoms with van der Waals surface area (Å²) >= 11 is 1.58. The van der Waals surface area contributed by atoms with E-state index in [0.29, 0.717) is 6.42 Å². The second-order valence-corrected chi connectivity index (χ2v) is 3.00. The Kier molecular flexibility index (Phi) is 1.81. The van der Waals surface area contributed by atoms with Crippen LogP contribution in [0.2, 0.25) is 0 Å². The number of rotatable bonds is 1. The average Bonchev–Trinajstić information content (AvgIpc) is 2.17. The van der Waals surface area contributed by atoms with E-state index in [-0.39, 0.29) is 0 Å². The molecule has 0 spiro atoms.